The average molecular weight is 431 g/mol. The van der Waals surface area contributed by atoms with Gasteiger partial charge in [-0.15, -0.1) is 0 Å². The highest BCUT2D eigenvalue weighted by atomic mass is 32.2. The average Bonchev–Trinajstić information content (AvgIpc) is 2.79. The zero-order valence-electron chi connectivity index (χ0n) is 17.3. The molecule has 7 heteroatoms. The zero-order chi connectivity index (χ0) is 21.4. The summed E-state index contributed by atoms with van der Waals surface area (Å²) in [6.45, 7) is 1.04. The summed E-state index contributed by atoms with van der Waals surface area (Å²) in [5.41, 5.74) is 1.21. The third kappa shape index (κ3) is 6.31. The second-order valence-electron chi connectivity index (χ2n) is 7.77. The first-order valence-corrected chi connectivity index (χ1v) is 11.9. The first kappa shape index (κ1) is 22.3. The highest BCUT2D eigenvalue weighted by Gasteiger charge is 2.27. The maximum Gasteiger partial charge on any atom is 0.240 e. The van der Waals surface area contributed by atoms with Gasteiger partial charge in [0.05, 0.1) is 12.0 Å². The smallest absolute Gasteiger partial charge is 0.240 e. The predicted octanol–water partition coefficient (Wildman–Crippen LogP) is 3.14. The van der Waals surface area contributed by atoms with Gasteiger partial charge in [-0.1, -0.05) is 30.3 Å². The number of rotatable bonds is 9. The lowest BCUT2D eigenvalue weighted by Gasteiger charge is -2.28. The van der Waals surface area contributed by atoms with Crippen LogP contribution in [-0.2, 0) is 21.2 Å². The molecule has 1 amide bonds. The molecule has 162 valence electrons. The lowest BCUT2D eigenvalue weighted by Crippen LogP contribution is -2.36. The lowest BCUT2D eigenvalue weighted by molar-refractivity contribution is -0.126. The largest absolute Gasteiger partial charge is 0.497 e. The molecule has 2 aromatic rings. The third-order valence-corrected chi connectivity index (χ3v) is 7.14. The molecule has 0 heterocycles. The van der Waals surface area contributed by atoms with Gasteiger partial charge in [0.1, 0.15) is 5.75 Å². The minimum atomic E-state index is -3.54. The molecule has 0 aliphatic heterocycles. The van der Waals surface area contributed by atoms with Crippen molar-refractivity contribution in [3.05, 3.63) is 60.2 Å². The van der Waals surface area contributed by atoms with Crippen LogP contribution >= 0.6 is 0 Å². The molecule has 0 aromatic heterocycles. The van der Waals surface area contributed by atoms with Crippen LogP contribution in [0.1, 0.15) is 31.2 Å². The topological polar surface area (TPSA) is 84.5 Å². The molecule has 0 saturated heterocycles. The Morgan fingerprint density at radius 3 is 2.30 bits per heavy atom. The number of carbonyl (C=O) groups is 1. The van der Waals surface area contributed by atoms with Crippen molar-refractivity contribution in [3.8, 4) is 5.75 Å². The van der Waals surface area contributed by atoms with Crippen LogP contribution in [0.15, 0.2) is 59.5 Å². The van der Waals surface area contributed by atoms with E-state index in [9.17, 15) is 13.2 Å². The molecule has 2 N–H and O–H groups in total. The number of ether oxygens (including phenoxy) is 1. The van der Waals surface area contributed by atoms with Gasteiger partial charge in [0, 0.05) is 19.0 Å². The lowest BCUT2D eigenvalue weighted by atomic mass is 9.81. The van der Waals surface area contributed by atoms with Crippen molar-refractivity contribution in [3.63, 3.8) is 0 Å². The molecular formula is C23H30N2O4S. The van der Waals surface area contributed by atoms with E-state index in [2.05, 4.69) is 22.2 Å². The quantitative estimate of drug-likeness (QED) is 0.640. The van der Waals surface area contributed by atoms with Crippen LogP contribution in [0, 0.1) is 11.8 Å². The number of nitrogens with one attached hydrogen (secondary N) is 2. The summed E-state index contributed by atoms with van der Waals surface area (Å²) >= 11 is 0. The van der Waals surface area contributed by atoms with Crippen molar-refractivity contribution >= 4 is 15.9 Å². The summed E-state index contributed by atoms with van der Waals surface area (Å²) in [7, 11) is -1.99. The molecule has 3 rings (SSSR count). The van der Waals surface area contributed by atoms with Gasteiger partial charge < -0.3 is 10.1 Å². The highest BCUT2D eigenvalue weighted by Crippen LogP contribution is 2.29. The van der Waals surface area contributed by atoms with E-state index in [1.807, 2.05) is 18.2 Å². The fourth-order valence-electron chi connectivity index (χ4n) is 3.81. The molecule has 6 nitrogen and oxygen atoms in total. The van der Waals surface area contributed by atoms with E-state index in [4.69, 9.17) is 4.74 Å². The Morgan fingerprint density at radius 1 is 1.00 bits per heavy atom. The van der Waals surface area contributed by atoms with Crippen LogP contribution in [0.2, 0.25) is 0 Å². The Kier molecular flexibility index (Phi) is 7.87. The van der Waals surface area contributed by atoms with Gasteiger partial charge in [0.15, 0.2) is 0 Å². The predicted molar refractivity (Wildman–Crippen MR) is 117 cm³/mol. The zero-order valence-corrected chi connectivity index (χ0v) is 18.2. The maximum atomic E-state index is 12.5. The number of carbonyl (C=O) groups excluding carboxylic acids is 1. The monoisotopic (exact) mass is 430 g/mol. The first-order chi connectivity index (χ1) is 14.5. The van der Waals surface area contributed by atoms with Crippen LogP contribution in [-0.4, -0.2) is 34.5 Å². The molecule has 1 aliphatic rings. The number of hydrogen-bond donors (Lipinski definition) is 2. The Hall–Kier alpha value is -2.38. The number of benzene rings is 2. The van der Waals surface area contributed by atoms with E-state index in [1.54, 1.807) is 19.2 Å². The summed E-state index contributed by atoms with van der Waals surface area (Å²) in [5.74, 6) is 1.01. The molecule has 30 heavy (non-hydrogen) atoms. The van der Waals surface area contributed by atoms with Crippen molar-refractivity contribution in [2.75, 3.05) is 20.2 Å². The SMILES string of the molecule is COc1ccc(S(=O)(=O)NCC2CCC(C(=O)NCCc3ccccc3)CC2)cc1. The Morgan fingerprint density at radius 2 is 1.67 bits per heavy atom. The van der Waals surface area contributed by atoms with Crippen LogP contribution in [0.5, 0.6) is 5.75 Å². The molecule has 1 aliphatic carbocycles. The van der Waals surface area contributed by atoms with Crippen molar-refractivity contribution in [2.24, 2.45) is 11.8 Å². The van der Waals surface area contributed by atoms with Crippen molar-refractivity contribution in [1.82, 2.24) is 10.0 Å². The van der Waals surface area contributed by atoms with Gasteiger partial charge in [-0.2, -0.15) is 0 Å². The van der Waals surface area contributed by atoms with Gasteiger partial charge >= 0.3 is 0 Å². The molecule has 1 fully saturated rings. The van der Waals surface area contributed by atoms with Crippen molar-refractivity contribution < 1.29 is 17.9 Å². The van der Waals surface area contributed by atoms with Gasteiger partial charge in [0.2, 0.25) is 15.9 Å². The Bertz CT molecular complexity index is 906. The number of hydrogen-bond acceptors (Lipinski definition) is 4. The minimum Gasteiger partial charge on any atom is -0.497 e. The summed E-state index contributed by atoms with van der Waals surface area (Å²) in [6, 6.07) is 16.5. The minimum absolute atomic E-state index is 0.0234. The molecule has 0 radical (unpaired) electrons. The third-order valence-electron chi connectivity index (χ3n) is 5.71. The van der Waals surface area contributed by atoms with E-state index >= 15 is 0 Å². The summed E-state index contributed by atoms with van der Waals surface area (Å²) in [4.78, 5) is 12.6. The van der Waals surface area contributed by atoms with Crippen LogP contribution in [0.25, 0.3) is 0 Å². The fraction of sp³-hybridized carbons (Fsp3) is 0.435. The second kappa shape index (κ2) is 10.6. The first-order valence-electron chi connectivity index (χ1n) is 10.4. The van der Waals surface area contributed by atoms with Gasteiger partial charge in [-0.3, -0.25) is 4.79 Å². The summed E-state index contributed by atoms with van der Waals surface area (Å²) < 4.78 is 32.7. The van der Waals surface area contributed by atoms with Crippen LogP contribution in [0.3, 0.4) is 0 Å². The van der Waals surface area contributed by atoms with Crippen LogP contribution in [0.4, 0.5) is 0 Å². The van der Waals surface area contributed by atoms with Gasteiger partial charge in [0.25, 0.3) is 0 Å². The van der Waals surface area contributed by atoms with Gasteiger partial charge in [-0.25, -0.2) is 13.1 Å². The number of methoxy groups -OCH3 is 1. The van der Waals surface area contributed by atoms with E-state index in [0.717, 1.165) is 32.1 Å². The van der Waals surface area contributed by atoms with Crippen molar-refractivity contribution in [1.29, 1.82) is 0 Å². The Labute approximate surface area is 179 Å². The maximum absolute atomic E-state index is 12.5. The van der Waals surface area contributed by atoms with Gasteiger partial charge in [-0.05, 0) is 67.9 Å². The molecule has 0 spiro atoms. The molecule has 1 saturated carbocycles. The molecule has 0 unspecified atom stereocenters. The molecule has 0 atom stereocenters. The number of sulfonamides is 1. The standard InChI is InChI=1S/C23H30N2O4S/c1-29-21-11-13-22(14-12-21)30(27,28)25-17-19-7-9-20(10-8-19)23(26)24-16-15-18-5-3-2-4-6-18/h2-6,11-14,19-20,25H,7-10,15-17H2,1H3,(H,24,26). The number of amides is 1. The Balaban J connectivity index is 1.39. The molecule has 0 bridgehead atoms. The van der Waals surface area contributed by atoms with E-state index in [1.165, 1.54) is 17.7 Å². The van der Waals surface area contributed by atoms with Crippen LogP contribution < -0.4 is 14.8 Å². The highest BCUT2D eigenvalue weighted by molar-refractivity contribution is 7.89. The molecular weight excluding hydrogens is 400 g/mol. The molecule has 2 aromatic carbocycles. The summed E-state index contributed by atoms with van der Waals surface area (Å²) in [6.07, 6.45) is 4.12. The normalized spacial score (nSPS) is 19.2. The summed E-state index contributed by atoms with van der Waals surface area (Å²) in [5, 5.41) is 3.04. The fourth-order valence-corrected chi connectivity index (χ4v) is 4.93. The van der Waals surface area contributed by atoms with E-state index in [0.29, 0.717) is 18.8 Å². The van der Waals surface area contributed by atoms with Crippen molar-refractivity contribution in [2.45, 2.75) is 37.0 Å². The van der Waals surface area contributed by atoms with E-state index < -0.39 is 10.0 Å². The second-order valence-corrected chi connectivity index (χ2v) is 9.54. The van der Waals surface area contributed by atoms with E-state index in [-0.39, 0.29) is 22.6 Å².